The first-order valence-electron chi connectivity index (χ1n) is 5.13. The van der Waals surface area contributed by atoms with Crippen LogP contribution in [0.2, 0.25) is 0 Å². The molecule has 19 heavy (non-hydrogen) atoms. The largest absolute Gasteiger partial charge is 0.443 e. The number of carbonyl (C=O) groups excluding carboxylic acids is 1. The summed E-state index contributed by atoms with van der Waals surface area (Å²) >= 11 is 3.62. The molecular weight excluding hydrogens is 343 g/mol. The van der Waals surface area contributed by atoms with Crippen molar-refractivity contribution < 1.29 is 18.0 Å². The molecule has 0 unspecified atom stereocenters. The van der Waals surface area contributed by atoms with Crippen LogP contribution >= 0.6 is 27.3 Å². The Kier molecular flexibility index (Phi) is 3.78. The van der Waals surface area contributed by atoms with E-state index in [0.29, 0.717) is 22.5 Å². The summed E-state index contributed by atoms with van der Waals surface area (Å²) < 4.78 is 38.1. The van der Waals surface area contributed by atoms with Gasteiger partial charge in [-0.25, -0.2) is 4.98 Å². The molecule has 0 radical (unpaired) electrons. The molecule has 2 rings (SSSR count). The Morgan fingerprint density at radius 1 is 1.37 bits per heavy atom. The van der Waals surface area contributed by atoms with Crippen LogP contribution in [0.25, 0.3) is 0 Å². The van der Waals surface area contributed by atoms with E-state index in [1.165, 1.54) is 0 Å². The zero-order chi connectivity index (χ0) is 14.2. The van der Waals surface area contributed by atoms with Crippen LogP contribution in [0.5, 0.6) is 0 Å². The van der Waals surface area contributed by atoms with Gasteiger partial charge in [0.15, 0.2) is 5.01 Å². The summed E-state index contributed by atoms with van der Waals surface area (Å²) in [5, 5.41) is -1.01. The molecule has 0 spiro atoms. The summed E-state index contributed by atoms with van der Waals surface area (Å²) in [6, 6.07) is 4.99. The number of halogens is 4. The predicted octanol–water partition coefficient (Wildman–Crippen LogP) is 4.46. The maximum atomic E-state index is 12.4. The molecule has 0 atom stereocenters. The third kappa shape index (κ3) is 3.03. The summed E-state index contributed by atoms with van der Waals surface area (Å²) in [6.07, 6.45) is -3.55. The van der Waals surface area contributed by atoms with E-state index in [9.17, 15) is 18.0 Å². The quantitative estimate of drug-likeness (QED) is 0.749. The van der Waals surface area contributed by atoms with Crippen LogP contribution in [0.1, 0.15) is 25.8 Å². The molecule has 0 aliphatic rings. The number of hydrogen-bond acceptors (Lipinski definition) is 3. The molecule has 0 N–H and O–H groups in total. The van der Waals surface area contributed by atoms with Gasteiger partial charge in [-0.05, 0) is 30.7 Å². The number of benzene rings is 1. The lowest BCUT2D eigenvalue weighted by atomic mass is 10.0. The zero-order valence-corrected chi connectivity index (χ0v) is 12.0. The number of thiazole rings is 1. The second-order valence-electron chi connectivity index (χ2n) is 3.82. The normalized spacial score (nSPS) is 11.6. The molecule has 1 aromatic carbocycles. The SMILES string of the molecule is Cc1cc(Br)ccc1C(=O)c1cnc(C(F)(F)F)s1. The molecule has 100 valence electrons. The number of aryl methyl sites for hydroxylation is 1. The van der Waals surface area contributed by atoms with Crippen molar-refractivity contribution in [2.45, 2.75) is 13.1 Å². The number of carbonyl (C=O) groups is 1. The Balaban J connectivity index is 2.37. The van der Waals surface area contributed by atoms with Crippen LogP contribution in [0, 0.1) is 6.92 Å². The first-order valence-corrected chi connectivity index (χ1v) is 6.74. The molecule has 2 aromatic rings. The smallest absolute Gasteiger partial charge is 0.288 e. The maximum absolute atomic E-state index is 12.4. The van der Waals surface area contributed by atoms with E-state index >= 15 is 0 Å². The van der Waals surface area contributed by atoms with Crippen molar-refractivity contribution in [2.75, 3.05) is 0 Å². The van der Waals surface area contributed by atoms with Crippen molar-refractivity contribution >= 4 is 33.0 Å². The average Bonchev–Trinajstić information content (AvgIpc) is 2.76. The van der Waals surface area contributed by atoms with Crippen molar-refractivity contribution in [3.63, 3.8) is 0 Å². The van der Waals surface area contributed by atoms with E-state index in [0.717, 1.165) is 10.7 Å². The fraction of sp³-hybridized carbons (Fsp3) is 0.167. The highest BCUT2D eigenvalue weighted by atomic mass is 79.9. The lowest BCUT2D eigenvalue weighted by Crippen LogP contribution is -2.03. The maximum Gasteiger partial charge on any atom is 0.443 e. The molecule has 2 nitrogen and oxygen atoms in total. The lowest BCUT2D eigenvalue weighted by Gasteiger charge is -2.03. The number of ketones is 1. The highest BCUT2D eigenvalue weighted by molar-refractivity contribution is 9.10. The van der Waals surface area contributed by atoms with Gasteiger partial charge in [-0.2, -0.15) is 13.2 Å². The number of hydrogen-bond donors (Lipinski definition) is 0. The van der Waals surface area contributed by atoms with Crippen LogP contribution in [0.4, 0.5) is 13.2 Å². The van der Waals surface area contributed by atoms with Crippen molar-refractivity contribution in [3.8, 4) is 0 Å². The molecule has 1 aromatic heterocycles. The van der Waals surface area contributed by atoms with Gasteiger partial charge in [-0.3, -0.25) is 4.79 Å². The fourth-order valence-electron chi connectivity index (χ4n) is 1.52. The Morgan fingerprint density at radius 3 is 2.58 bits per heavy atom. The fourth-order valence-corrected chi connectivity index (χ4v) is 2.74. The molecule has 0 fully saturated rings. The topological polar surface area (TPSA) is 30.0 Å². The zero-order valence-electron chi connectivity index (χ0n) is 9.58. The van der Waals surface area contributed by atoms with Gasteiger partial charge in [0.25, 0.3) is 0 Å². The van der Waals surface area contributed by atoms with E-state index in [4.69, 9.17) is 0 Å². The Hall–Kier alpha value is -1.21. The number of nitrogens with zero attached hydrogens (tertiary/aromatic N) is 1. The lowest BCUT2D eigenvalue weighted by molar-refractivity contribution is -0.137. The minimum absolute atomic E-state index is 0.0160. The van der Waals surface area contributed by atoms with Crippen LogP contribution in [0.15, 0.2) is 28.9 Å². The highest BCUT2D eigenvalue weighted by Gasteiger charge is 2.35. The van der Waals surface area contributed by atoms with Crippen molar-refractivity contribution in [3.05, 3.63) is 49.9 Å². The van der Waals surface area contributed by atoms with Crippen LogP contribution in [-0.2, 0) is 6.18 Å². The molecule has 0 amide bonds. The first kappa shape index (κ1) is 14.2. The molecule has 0 bridgehead atoms. The average molecular weight is 350 g/mol. The van der Waals surface area contributed by atoms with E-state index < -0.39 is 17.0 Å². The summed E-state index contributed by atoms with van der Waals surface area (Å²) in [5.41, 5.74) is 1.07. The summed E-state index contributed by atoms with van der Waals surface area (Å²) in [5.74, 6) is -0.446. The molecule has 7 heteroatoms. The molecule has 0 aliphatic carbocycles. The molecule has 0 saturated heterocycles. The van der Waals surface area contributed by atoms with Crippen LogP contribution in [0.3, 0.4) is 0 Å². The summed E-state index contributed by atoms with van der Waals surface area (Å²) in [6.45, 7) is 1.73. The summed E-state index contributed by atoms with van der Waals surface area (Å²) in [7, 11) is 0. The van der Waals surface area contributed by atoms with Gasteiger partial charge in [0.2, 0.25) is 5.78 Å². The van der Waals surface area contributed by atoms with E-state index in [1.807, 2.05) is 0 Å². The number of aromatic nitrogens is 1. The van der Waals surface area contributed by atoms with E-state index in [1.54, 1.807) is 25.1 Å². The molecular formula is C12H7BrF3NOS. The Bertz CT molecular complexity index is 636. The Morgan fingerprint density at radius 2 is 2.05 bits per heavy atom. The monoisotopic (exact) mass is 349 g/mol. The van der Waals surface area contributed by atoms with Crippen LogP contribution in [-0.4, -0.2) is 10.8 Å². The van der Waals surface area contributed by atoms with Gasteiger partial charge in [-0.1, -0.05) is 15.9 Å². The van der Waals surface area contributed by atoms with Gasteiger partial charge in [-0.15, -0.1) is 11.3 Å². The Labute approximate surface area is 119 Å². The molecule has 1 heterocycles. The second kappa shape index (κ2) is 5.05. The second-order valence-corrected chi connectivity index (χ2v) is 5.76. The summed E-state index contributed by atoms with van der Waals surface area (Å²) in [4.78, 5) is 15.3. The van der Waals surface area contributed by atoms with Gasteiger partial charge in [0.05, 0.1) is 4.88 Å². The van der Waals surface area contributed by atoms with Gasteiger partial charge in [0.1, 0.15) is 0 Å². The van der Waals surface area contributed by atoms with Crippen molar-refractivity contribution in [1.82, 2.24) is 4.98 Å². The van der Waals surface area contributed by atoms with Crippen molar-refractivity contribution in [1.29, 1.82) is 0 Å². The number of rotatable bonds is 2. The van der Waals surface area contributed by atoms with Gasteiger partial charge in [0, 0.05) is 16.2 Å². The van der Waals surface area contributed by atoms with Gasteiger partial charge >= 0.3 is 6.18 Å². The first-order chi connectivity index (χ1) is 8.79. The van der Waals surface area contributed by atoms with Gasteiger partial charge < -0.3 is 0 Å². The van der Waals surface area contributed by atoms with Crippen molar-refractivity contribution in [2.24, 2.45) is 0 Å². The van der Waals surface area contributed by atoms with E-state index in [2.05, 4.69) is 20.9 Å². The predicted molar refractivity (Wildman–Crippen MR) is 69.4 cm³/mol. The van der Waals surface area contributed by atoms with E-state index in [-0.39, 0.29) is 4.88 Å². The van der Waals surface area contributed by atoms with Crippen LogP contribution < -0.4 is 0 Å². The molecule has 0 aliphatic heterocycles. The minimum atomic E-state index is -4.52. The third-order valence-electron chi connectivity index (χ3n) is 2.41. The standard InChI is InChI=1S/C12H7BrF3NOS/c1-6-4-7(13)2-3-8(6)10(18)9-5-17-11(19-9)12(14,15)16/h2-5H,1H3. The number of alkyl halides is 3. The highest BCUT2D eigenvalue weighted by Crippen LogP contribution is 2.33. The third-order valence-corrected chi connectivity index (χ3v) is 3.94. The minimum Gasteiger partial charge on any atom is -0.288 e. The molecule has 0 saturated carbocycles.